The number of hydrogen-bond acceptors (Lipinski definition) is 5. The van der Waals surface area contributed by atoms with Gasteiger partial charge in [0.15, 0.2) is 0 Å². The van der Waals surface area contributed by atoms with Gasteiger partial charge in [-0.15, -0.1) is 6.58 Å². The zero-order valence-corrected chi connectivity index (χ0v) is 20.5. The number of aliphatic hydroxyl groups excluding tert-OH is 1. The topological polar surface area (TPSA) is 117 Å². The van der Waals surface area contributed by atoms with Gasteiger partial charge in [-0.3, -0.25) is 9.59 Å². The molecule has 34 heavy (non-hydrogen) atoms. The highest BCUT2D eigenvalue weighted by Crippen LogP contribution is 2.37. The van der Waals surface area contributed by atoms with Gasteiger partial charge in [0, 0.05) is 25.6 Å². The summed E-state index contributed by atoms with van der Waals surface area (Å²) in [7, 11) is 0. The van der Waals surface area contributed by atoms with Crippen LogP contribution in [0.15, 0.2) is 43.0 Å². The number of nitrogens with one attached hydrogen (secondary N) is 3. The van der Waals surface area contributed by atoms with E-state index in [0.717, 1.165) is 18.4 Å². The molecule has 0 radical (unpaired) electrons. The van der Waals surface area contributed by atoms with Crippen LogP contribution in [0.4, 0.5) is 4.79 Å². The van der Waals surface area contributed by atoms with Crippen LogP contribution in [0.25, 0.3) is 0 Å². The first-order valence-corrected chi connectivity index (χ1v) is 12.0. The number of aliphatic hydroxyl groups is 1. The minimum Gasteiger partial charge on any atom is -0.444 e. The van der Waals surface area contributed by atoms with E-state index in [2.05, 4.69) is 22.5 Å². The maximum absolute atomic E-state index is 12.8. The van der Waals surface area contributed by atoms with E-state index in [1.165, 1.54) is 0 Å². The first-order chi connectivity index (χ1) is 16.1. The van der Waals surface area contributed by atoms with Crippen molar-refractivity contribution in [3.05, 3.63) is 48.6 Å². The van der Waals surface area contributed by atoms with Crippen molar-refractivity contribution in [3.63, 3.8) is 0 Å². The van der Waals surface area contributed by atoms with Crippen molar-refractivity contribution in [1.29, 1.82) is 0 Å². The molecule has 2 rings (SSSR count). The van der Waals surface area contributed by atoms with Crippen molar-refractivity contribution >= 4 is 17.9 Å². The van der Waals surface area contributed by atoms with Gasteiger partial charge in [-0.05, 0) is 57.9 Å². The van der Waals surface area contributed by atoms with Gasteiger partial charge in [-0.2, -0.15) is 0 Å². The third kappa shape index (κ3) is 9.17. The van der Waals surface area contributed by atoms with Gasteiger partial charge in [-0.25, -0.2) is 4.79 Å². The lowest BCUT2D eigenvalue weighted by atomic mass is 9.70. The Morgan fingerprint density at radius 1 is 1.12 bits per heavy atom. The molecule has 0 spiro atoms. The van der Waals surface area contributed by atoms with E-state index in [9.17, 15) is 19.5 Å². The van der Waals surface area contributed by atoms with Crippen LogP contribution >= 0.6 is 0 Å². The second-order valence-electron chi connectivity index (χ2n) is 9.79. The van der Waals surface area contributed by atoms with Gasteiger partial charge in [0.2, 0.25) is 11.8 Å². The van der Waals surface area contributed by atoms with Gasteiger partial charge < -0.3 is 25.8 Å². The number of ether oxygens (including phenoxy) is 1. The summed E-state index contributed by atoms with van der Waals surface area (Å²) in [6.45, 7) is 9.75. The van der Waals surface area contributed by atoms with Crippen LogP contribution in [-0.4, -0.2) is 54.4 Å². The Hall–Kier alpha value is -2.87. The molecule has 4 N–H and O–H groups in total. The Morgan fingerprint density at radius 2 is 1.82 bits per heavy atom. The summed E-state index contributed by atoms with van der Waals surface area (Å²) in [5.41, 5.74) is 0.236. The molecule has 3 unspecified atom stereocenters. The van der Waals surface area contributed by atoms with Gasteiger partial charge in [0.25, 0.3) is 0 Å². The van der Waals surface area contributed by atoms with E-state index in [-0.39, 0.29) is 36.7 Å². The highest BCUT2D eigenvalue weighted by Gasteiger charge is 2.38. The fourth-order valence-corrected chi connectivity index (χ4v) is 3.95. The Balaban J connectivity index is 1.84. The van der Waals surface area contributed by atoms with Crippen LogP contribution < -0.4 is 16.0 Å². The fraction of sp³-hybridized carbons (Fsp3) is 0.577. The lowest BCUT2D eigenvalue weighted by Crippen LogP contribution is -2.45. The third-order valence-electron chi connectivity index (χ3n) is 5.86. The van der Waals surface area contributed by atoms with Gasteiger partial charge in [0.05, 0.1) is 12.0 Å². The molecule has 0 heterocycles. The van der Waals surface area contributed by atoms with Crippen LogP contribution in [0, 0.1) is 11.8 Å². The number of alkyl carbamates (subject to hydrolysis) is 1. The molecule has 1 aliphatic carbocycles. The number of hydrogen-bond donors (Lipinski definition) is 4. The number of amides is 3. The molecular formula is C26H39N3O5. The summed E-state index contributed by atoms with van der Waals surface area (Å²) >= 11 is 0. The summed E-state index contributed by atoms with van der Waals surface area (Å²) in [6.07, 6.45) is 3.07. The lowest BCUT2D eigenvalue weighted by Gasteiger charge is -2.37. The van der Waals surface area contributed by atoms with E-state index in [1.807, 2.05) is 30.3 Å². The van der Waals surface area contributed by atoms with E-state index in [0.29, 0.717) is 19.4 Å². The molecule has 0 saturated heterocycles. The summed E-state index contributed by atoms with van der Waals surface area (Å²) in [5.74, 6) is -0.911. The molecule has 1 aromatic carbocycles. The van der Waals surface area contributed by atoms with Crippen LogP contribution in [0.3, 0.4) is 0 Å². The average molecular weight is 474 g/mol. The summed E-state index contributed by atoms with van der Waals surface area (Å²) < 4.78 is 5.17. The normalized spacial score (nSPS) is 19.2. The smallest absolute Gasteiger partial charge is 0.407 e. The Kier molecular flexibility index (Phi) is 10.6. The molecule has 188 valence electrons. The highest BCUT2D eigenvalue weighted by atomic mass is 16.6. The summed E-state index contributed by atoms with van der Waals surface area (Å²) in [4.78, 5) is 37.3. The van der Waals surface area contributed by atoms with Crippen LogP contribution in [0.1, 0.15) is 57.9 Å². The standard InChI is InChI=1S/C26H39N3O5/c1-5-6-14-27-24(32)22(18-10-8-7-9-11-18)17-28-23(31)21-13-12-19(21)15-20(30)16-29-25(33)34-26(2,3)4/h5,7-11,19-22,30H,1,6,12-17H2,2-4H3,(H,27,32)(H,28,31)(H,29,33)/t19?,20?,21?,22-/m0/s1. The minimum atomic E-state index is -0.763. The van der Waals surface area contributed by atoms with E-state index < -0.39 is 23.7 Å². The van der Waals surface area contributed by atoms with Gasteiger partial charge in [0.1, 0.15) is 5.60 Å². The predicted molar refractivity (Wildman–Crippen MR) is 131 cm³/mol. The molecule has 1 fully saturated rings. The number of carbonyl (C=O) groups is 3. The Bertz CT molecular complexity index is 821. The van der Waals surface area contributed by atoms with Crippen LogP contribution in [0.5, 0.6) is 0 Å². The van der Waals surface area contributed by atoms with Crippen molar-refractivity contribution in [2.45, 2.75) is 64.1 Å². The predicted octanol–water partition coefficient (Wildman–Crippen LogP) is 2.88. The zero-order valence-electron chi connectivity index (χ0n) is 20.5. The zero-order chi connectivity index (χ0) is 25.1. The monoisotopic (exact) mass is 473 g/mol. The maximum Gasteiger partial charge on any atom is 0.407 e. The number of rotatable bonds is 12. The lowest BCUT2D eigenvalue weighted by molar-refractivity contribution is -0.131. The SMILES string of the molecule is C=CCCNC(=O)[C@@H](CNC(=O)C1CCC1CC(O)CNC(=O)OC(C)(C)C)c1ccccc1. The summed E-state index contributed by atoms with van der Waals surface area (Å²) in [6, 6.07) is 9.39. The molecular weight excluding hydrogens is 434 g/mol. The average Bonchev–Trinajstić information content (AvgIpc) is 2.75. The van der Waals surface area contributed by atoms with Crippen molar-refractivity contribution in [3.8, 4) is 0 Å². The molecule has 0 aromatic heterocycles. The molecule has 1 aromatic rings. The second-order valence-corrected chi connectivity index (χ2v) is 9.79. The minimum absolute atomic E-state index is 0.0343. The third-order valence-corrected chi connectivity index (χ3v) is 5.86. The van der Waals surface area contributed by atoms with Gasteiger partial charge in [-0.1, -0.05) is 36.4 Å². The Labute approximate surface area is 202 Å². The van der Waals surface area contributed by atoms with E-state index in [1.54, 1.807) is 26.8 Å². The maximum atomic E-state index is 12.8. The molecule has 1 saturated carbocycles. The quantitative estimate of drug-likeness (QED) is 0.275. The molecule has 4 atom stereocenters. The van der Waals surface area contributed by atoms with Crippen molar-refractivity contribution in [1.82, 2.24) is 16.0 Å². The van der Waals surface area contributed by atoms with E-state index >= 15 is 0 Å². The first-order valence-electron chi connectivity index (χ1n) is 12.0. The second kappa shape index (κ2) is 13.1. The first kappa shape index (κ1) is 27.4. The molecule has 0 aliphatic heterocycles. The Morgan fingerprint density at radius 3 is 2.41 bits per heavy atom. The van der Waals surface area contributed by atoms with Crippen molar-refractivity contribution < 1.29 is 24.2 Å². The molecule has 8 nitrogen and oxygen atoms in total. The fourth-order valence-electron chi connectivity index (χ4n) is 3.95. The van der Waals surface area contributed by atoms with Crippen molar-refractivity contribution in [2.75, 3.05) is 19.6 Å². The van der Waals surface area contributed by atoms with Crippen molar-refractivity contribution in [2.24, 2.45) is 11.8 Å². The van der Waals surface area contributed by atoms with E-state index in [4.69, 9.17) is 4.74 Å². The molecule has 3 amide bonds. The highest BCUT2D eigenvalue weighted by molar-refractivity contribution is 5.85. The summed E-state index contributed by atoms with van der Waals surface area (Å²) in [5, 5.41) is 18.7. The van der Waals surface area contributed by atoms with Gasteiger partial charge >= 0.3 is 6.09 Å². The number of carbonyl (C=O) groups excluding carboxylic acids is 3. The molecule has 8 heteroatoms. The van der Waals surface area contributed by atoms with Crippen LogP contribution in [-0.2, 0) is 14.3 Å². The van der Waals surface area contributed by atoms with Crippen LogP contribution in [0.2, 0.25) is 0 Å². The number of benzene rings is 1. The molecule has 1 aliphatic rings. The molecule has 0 bridgehead atoms. The largest absolute Gasteiger partial charge is 0.444 e.